The molecular weight excluding hydrogens is 334 g/mol. The fourth-order valence-electron chi connectivity index (χ4n) is 3.30. The van der Waals surface area contributed by atoms with Gasteiger partial charge < -0.3 is 14.6 Å². The zero-order chi connectivity index (χ0) is 17.6. The van der Waals surface area contributed by atoms with Crippen molar-refractivity contribution in [3.8, 4) is 0 Å². The zero-order valence-electron chi connectivity index (χ0n) is 14.1. The highest BCUT2D eigenvalue weighted by atomic mass is 19.3. The second-order valence-corrected chi connectivity index (χ2v) is 6.63. The van der Waals surface area contributed by atoms with Gasteiger partial charge >= 0.3 is 0 Å². The molecule has 1 unspecified atom stereocenters. The molecule has 3 heterocycles. The number of amides is 1. The van der Waals surface area contributed by atoms with Crippen LogP contribution in [0.25, 0.3) is 0 Å². The molecule has 1 N–H and O–H groups in total. The summed E-state index contributed by atoms with van der Waals surface area (Å²) in [6.07, 6.45) is 1.28. The Morgan fingerprint density at radius 3 is 2.80 bits per heavy atom. The smallest absolute Gasteiger partial charge is 0.251 e. The molecule has 0 radical (unpaired) electrons. The van der Waals surface area contributed by atoms with Gasteiger partial charge in [-0.25, -0.2) is 8.78 Å². The number of rotatable bonds is 7. The number of halogens is 2. The Hall–Kier alpha value is -1.61. The van der Waals surface area contributed by atoms with Gasteiger partial charge in [-0.1, -0.05) is 5.16 Å². The molecule has 1 aromatic rings. The van der Waals surface area contributed by atoms with Crippen molar-refractivity contribution < 1.29 is 22.8 Å². The van der Waals surface area contributed by atoms with Crippen molar-refractivity contribution in [3.63, 3.8) is 0 Å². The summed E-state index contributed by atoms with van der Waals surface area (Å²) in [6, 6.07) is 0. The van der Waals surface area contributed by atoms with E-state index in [0.717, 1.165) is 19.4 Å². The molecule has 7 nitrogen and oxygen atoms in total. The van der Waals surface area contributed by atoms with E-state index in [1.54, 1.807) is 4.90 Å². The lowest BCUT2D eigenvalue weighted by atomic mass is 9.97. The molecule has 2 aliphatic heterocycles. The van der Waals surface area contributed by atoms with E-state index in [-0.39, 0.29) is 30.9 Å². The van der Waals surface area contributed by atoms with Crippen LogP contribution in [0.2, 0.25) is 0 Å². The van der Waals surface area contributed by atoms with Crippen LogP contribution >= 0.6 is 0 Å². The first-order chi connectivity index (χ1) is 12.1. The van der Waals surface area contributed by atoms with E-state index in [1.165, 1.54) is 0 Å². The first kappa shape index (κ1) is 18.2. The van der Waals surface area contributed by atoms with E-state index in [4.69, 9.17) is 9.26 Å². The molecule has 0 aromatic carbocycles. The number of carbonyl (C=O) groups is 1. The monoisotopic (exact) mass is 358 g/mol. The van der Waals surface area contributed by atoms with Crippen molar-refractivity contribution in [2.45, 2.75) is 50.6 Å². The van der Waals surface area contributed by atoms with Gasteiger partial charge in [0.05, 0.1) is 19.1 Å². The van der Waals surface area contributed by atoms with Crippen LogP contribution in [0.1, 0.15) is 43.3 Å². The van der Waals surface area contributed by atoms with Crippen LogP contribution in [-0.4, -0.2) is 66.3 Å². The van der Waals surface area contributed by atoms with E-state index < -0.39 is 6.43 Å². The standard InChI is InChI=1S/C16H24F2N4O3/c17-13(18)10-22-5-3-11(4-6-22)16-20-14(21-25-16)8-15(23)19-9-12-2-1-7-24-12/h11-13H,1-10H2,(H,19,23). The lowest BCUT2D eigenvalue weighted by Crippen LogP contribution is -2.36. The lowest BCUT2D eigenvalue weighted by Gasteiger charge is -2.29. The molecular formula is C16H24F2N4O3. The minimum atomic E-state index is -2.31. The maximum atomic E-state index is 12.4. The van der Waals surface area contributed by atoms with Crippen molar-refractivity contribution in [2.24, 2.45) is 0 Å². The number of nitrogens with one attached hydrogen (secondary N) is 1. The van der Waals surface area contributed by atoms with Crippen LogP contribution in [0.5, 0.6) is 0 Å². The van der Waals surface area contributed by atoms with Gasteiger partial charge in [-0.2, -0.15) is 4.98 Å². The number of hydrogen-bond donors (Lipinski definition) is 1. The molecule has 25 heavy (non-hydrogen) atoms. The van der Waals surface area contributed by atoms with E-state index in [9.17, 15) is 13.6 Å². The molecule has 0 bridgehead atoms. The second kappa shape index (κ2) is 8.66. The third-order valence-electron chi connectivity index (χ3n) is 4.69. The normalized spacial score (nSPS) is 22.6. The summed E-state index contributed by atoms with van der Waals surface area (Å²) in [5, 5.41) is 6.69. The van der Waals surface area contributed by atoms with Crippen LogP contribution in [0, 0.1) is 0 Å². The van der Waals surface area contributed by atoms with Gasteiger partial charge in [0.2, 0.25) is 11.8 Å². The second-order valence-electron chi connectivity index (χ2n) is 6.63. The summed E-state index contributed by atoms with van der Waals surface area (Å²) in [6.45, 7) is 2.26. The van der Waals surface area contributed by atoms with Gasteiger partial charge in [0, 0.05) is 19.1 Å². The third kappa shape index (κ3) is 5.43. The van der Waals surface area contributed by atoms with Gasteiger partial charge in [-0.15, -0.1) is 0 Å². The highest BCUT2D eigenvalue weighted by Gasteiger charge is 2.26. The molecule has 1 amide bonds. The van der Waals surface area contributed by atoms with Crippen LogP contribution < -0.4 is 5.32 Å². The topological polar surface area (TPSA) is 80.5 Å². The van der Waals surface area contributed by atoms with Crippen molar-refractivity contribution in [3.05, 3.63) is 11.7 Å². The van der Waals surface area contributed by atoms with Crippen molar-refractivity contribution in [1.29, 1.82) is 0 Å². The minimum absolute atomic E-state index is 0.0699. The third-order valence-corrected chi connectivity index (χ3v) is 4.69. The minimum Gasteiger partial charge on any atom is -0.376 e. The van der Waals surface area contributed by atoms with Gasteiger partial charge in [-0.3, -0.25) is 9.69 Å². The van der Waals surface area contributed by atoms with Gasteiger partial charge in [0.25, 0.3) is 6.43 Å². The van der Waals surface area contributed by atoms with E-state index in [1.807, 2.05) is 0 Å². The molecule has 2 fully saturated rings. The van der Waals surface area contributed by atoms with Crippen molar-refractivity contribution in [2.75, 3.05) is 32.8 Å². The molecule has 0 saturated carbocycles. The maximum Gasteiger partial charge on any atom is 0.251 e. The summed E-state index contributed by atoms with van der Waals surface area (Å²) >= 11 is 0. The number of carbonyl (C=O) groups excluding carboxylic acids is 1. The van der Waals surface area contributed by atoms with Crippen LogP contribution in [0.15, 0.2) is 4.52 Å². The molecule has 1 aromatic heterocycles. The van der Waals surface area contributed by atoms with Crippen molar-refractivity contribution in [1.82, 2.24) is 20.4 Å². The zero-order valence-corrected chi connectivity index (χ0v) is 14.1. The Bertz CT molecular complexity index is 555. The lowest BCUT2D eigenvalue weighted by molar-refractivity contribution is -0.121. The summed E-state index contributed by atoms with van der Waals surface area (Å²) in [5.74, 6) is 0.771. The average molecular weight is 358 g/mol. The van der Waals surface area contributed by atoms with Crippen molar-refractivity contribution >= 4 is 5.91 Å². The number of nitrogens with zero attached hydrogens (tertiary/aromatic N) is 3. The molecule has 0 spiro atoms. The fraction of sp³-hybridized carbons (Fsp3) is 0.812. The molecule has 9 heteroatoms. The Balaban J connectivity index is 1.42. The fourth-order valence-corrected chi connectivity index (χ4v) is 3.30. The number of hydrogen-bond acceptors (Lipinski definition) is 6. The Morgan fingerprint density at radius 1 is 1.32 bits per heavy atom. The van der Waals surface area contributed by atoms with Crippen LogP contribution in [-0.2, 0) is 16.0 Å². The van der Waals surface area contributed by atoms with Crippen LogP contribution in [0.4, 0.5) is 8.78 Å². The molecule has 2 saturated heterocycles. The van der Waals surface area contributed by atoms with E-state index >= 15 is 0 Å². The number of piperidine rings is 1. The van der Waals surface area contributed by atoms with E-state index in [2.05, 4.69) is 15.5 Å². The first-order valence-corrected chi connectivity index (χ1v) is 8.81. The maximum absolute atomic E-state index is 12.4. The molecule has 2 aliphatic rings. The largest absolute Gasteiger partial charge is 0.376 e. The van der Waals surface area contributed by atoms with Gasteiger partial charge in [-0.05, 0) is 38.8 Å². The number of likely N-dealkylation sites (tertiary alicyclic amines) is 1. The quantitative estimate of drug-likeness (QED) is 0.793. The SMILES string of the molecule is O=C(Cc1noc(C2CCN(CC(F)F)CC2)n1)NCC1CCCO1. The highest BCUT2D eigenvalue weighted by Crippen LogP contribution is 2.27. The van der Waals surface area contributed by atoms with Gasteiger partial charge in [0.15, 0.2) is 5.82 Å². The predicted octanol–water partition coefficient (Wildman–Crippen LogP) is 1.35. The summed E-state index contributed by atoms with van der Waals surface area (Å²) < 4.78 is 35.5. The Morgan fingerprint density at radius 2 is 2.12 bits per heavy atom. The molecule has 140 valence electrons. The van der Waals surface area contributed by atoms with Crippen LogP contribution in [0.3, 0.4) is 0 Å². The number of alkyl halides is 2. The molecule has 1 atom stereocenters. The summed E-state index contributed by atoms with van der Waals surface area (Å²) in [7, 11) is 0. The Labute approximate surface area is 145 Å². The summed E-state index contributed by atoms with van der Waals surface area (Å²) in [5.41, 5.74) is 0. The Kier molecular flexibility index (Phi) is 6.30. The van der Waals surface area contributed by atoms with Gasteiger partial charge in [0.1, 0.15) is 0 Å². The first-order valence-electron chi connectivity index (χ1n) is 8.81. The summed E-state index contributed by atoms with van der Waals surface area (Å²) in [4.78, 5) is 18.0. The highest BCUT2D eigenvalue weighted by molar-refractivity contribution is 5.77. The van der Waals surface area contributed by atoms with E-state index in [0.29, 0.717) is 44.2 Å². The number of aromatic nitrogens is 2. The molecule has 3 rings (SSSR count). The number of ether oxygens (including phenoxy) is 1. The predicted molar refractivity (Wildman–Crippen MR) is 84.4 cm³/mol. The molecule has 0 aliphatic carbocycles. The average Bonchev–Trinajstić information content (AvgIpc) is 3.25.